The molecule has 2 heterocycles. The molecule has 1 aliphatic heterocycles. The molecule has 0 radical (unpaired) electrons. The summed E-state index contributed by atoms with van der Waals surface area (Å²) in [6, 6.07) is 17.2. The fraction of sp³-hybridized carbons (Fsp3) is 0.318. The molecule has 0 spiro atoms. The van der Waals surface area contributed by atoms with Crippen LogP contribution in [0.2, 0.25) is 0 Å². The third kappa shape index (κ3) is 4.62. The van der Waals surface area contributed by atoms with E-state index < -0.39 is 5.25 Å². The van der Waals surface area contributed by atoms with Crippen molar-refractivity contribution in [2.24, 2.45) is 0 Å². The highest BCUT2D eigenvalue weighted by Crippen LogP contribution is 2.36. The SMILES string of the molecule is COc1cccc(NC(=O)[C@@H](Sc2nnc3n2CCCCC3)c2ccccc2)c1. The summed E-state index contributed by atoms with van der Waals surface area (Å²) in [6.07, 6.45) is 4.40. The van der Waals surface area contributed by atoms with E-state index in [1.165, 1.54) is 18.2 Å². The van der Waals surface area contributed by atoms with Crippen molar-refractivity contribution in [2.45, 2.75) is 42.6 Å². The molecule has 0 fully saturated rings. The molecule has 0 saturated heterocycles. The fourth-order valence-corrected chi connectivity index (χ4v) is 4.54. The molecule has 29 heavy (non-hydrogen) atoms. The van der Waals surface area contributed by atoms with Gasteiger partial charge >= 0.3 is 0 Å². The standard InChI is InChI=1S/C22H24N4O2S/c1-28-18-12-8-11-17(15-18)23-21(27)20(16-9-4-2-5-10-16)29-22-25-24-19-13-6-3-7-14-26(19)22/h2,4-5,8-12,15,20H,3,6-7,13-14H2,1H3,(H,23,27)/t20-/m0/s1. The maximum Gasteiger partial charge on any atom is 0.242 e. The van der Waals surface area contributed by atoms with Crippen LogP contribution >= 0.6 is 11.8 Å². The van der Waals surface area contributed by atoms with Gasteiger partial charge in [-0.15, -0.1) is 10.2 Å². The molecule has 7 heteroatoms. The smallest absolute Gasteiger partial charge is 0.242 e. The van der Waals surface area contributed by atoms with Crippen LogP contribution in [0, 0.1) is 0 Å². The Bertz CT molecular complexity index is 974. The third-order valence-electron chi connectivity index (χ3n) is 4.98. The van der Waals surface area contributed by atoms with Gasteiger partial charge in [0.1, 0.15) is 16.8 Å². The van der Waals surface area contributed by atoms with E-state index in [0.717, 1.165) is 42.4 Å². The minimum atomic E-state index is -0.432. The largest absolute Gasteiger partial charge is 0.497 e. The second kappa shape index (κ2) is 9.13. The number of carbonyl (C=O) groups is 1. The van der Waals surface area contributed by atoms with Gasteiger partial charge in [-0.1, -0.05) is 54.6 Å². The first-order valence-corrected chi connectivity index (χ1v) is 10.7. The number of nitrogens with one attached hydrogen (secondary N) is 1. The lowest BCUT2D eigenvalue weighted by atomic mass is 10.1. The second-order valence-electron chi connectivity index (χ2n) is 6.99. The molecular formula is C22H24N4O2S. The Morgan fingerprint density at radius 2 is 1.97 bits per heavy atom. The number of thioether (sulfide) groups is 1. The monoisotopic (exact) mass is 408 g/mol. The van der Waals surface area contributed by atoms with Gasteiger partial charge in [0, 0.05) is 24.7 Å². The average molecular weight is 409 g/mol. The lowest BCUT2D eigenvalue weighted by molar-refractivity contribution is -0.115. The highest BCUT2D eigenvalue weighted by atomic mass is 32.2. The summed E-state index contributed by atoms with van der Waals surface area (Å²) >= 11 is 1.46. The van der Waals surface area contributed by atoms with E-state index in [1.54, 1.807) is 7.11 Å². The quantitative estimate of drug-likeness (QED) is 0.609. The molecule has 3 aromatic rings. The Morgan fingerprint density at radius 3 is 2.79 bits per heavy atom. The number of aromatic nitrogens is 3. The Morgan fingerprint density at radius 1 is 1.10 bits per heavy atom. The van der Waals surface area contributed by atoms with Crippen LogP contribution in [0.15, 0.2) is 59.8 Å². The molecular weight excluding hydrogens is 384 g/mol. The number of methoxy groups -OCH3 is 1. The number of benzene rings is 2. The van der Waals surface area contributed by atoms with Crippen molar-refractivity contribution in [2.75, 3.05) is 12.4 Å². The normalized spacial score (nSPS) is 14.5. The third-order valence-corrected chi connectivity index (χ3v) is 6.21. The van der Waals surface area contributed by atoms with Crippen LogP contribution in [0.4, 0.5) is 5.69 Å². The molecule has 2 aromatic carbocycles. The predicted octanol–water partition coefficient (Wildman–Crippen LogP) is 4.49. The minimum absolute atomic E-state index is 0.0968. The van der Waals surface area contributed by atoms with Crippen LogP contribution in [-0.4, -0.2) is 27.8 Å². The van der Waals surface area contributed by atoms with Crippen molar-refractivity contribution < 1.29 is 9.53 Å². The van der Waals surface area contributed by atoms with Gasteiger partial charge in [0.05, 0.1) is 7.11 Å². The van der Waals surface area contributed by atoms with Crippen molar-refractivity contribution in [1.82, 2.24) is 14.8 Å². The molecule has 0 aliphatic carbocycles. The summed E-state index contributed by atoms with van der Waals surface area (Å²) in [5.74, 6) is 1.62. The van der Waals surface area contributed by atoms with Gasteiger partial charge in [-0.2, -0.15) is 0 Å². The first kappa shape index (κ1) is 19.5. The lowest BCUT2D eigenvalue weighted by Gasteiger charge is -2.17. The summed E-state index contributed by atoms with van der Waals surface area (Å²) in [5.41, 5.74) is 1.64. The van der Waals surface area contributed by atoms with Gasteiger partial charge in [-0.05, 0) is 30.5 Å². The molecule has 1 amide bonds. The summed E-state index contributed by atoms with van der Waals surface area (Å²) in [4.78, 5) is 13.2. The molecule has 1 aliphatic rings. The van der Waals surface area contributed by atoms with Gasteiger partial charge in [-0.3, -0.25) is 4.79 Å². The van der Waals surface area contributed by atoms with Crippen LogP contribution < -0.4 is 10.1 Å². The number of nitrogens with zero attached hydrogens (tertiary/aromatic N) is 3. The zero-order valence-corrected chi connectivity index (χ0v) is 17.2. The number of rotatable bonds is 6. The van der Waals surface area contributed by atoms with Gasteiger partial charge in [0.25, 0.3) is 0 Å². The van der Waals surface area contributed by atoms with Crippen LogP contribution in [0.5, 0.6) is 5.75 Å². The maximum atomic E-state index is 13.2. The molecule has 1 N–H and O–H groups in total. The molecule has 1 atom stereocenters. The Balaban J connectivity index is 1.60. The highest BCUT2D eigenvalue weighted by Gasteiger charge is 2.26. The number of hydrogen-bond donors (Lipinski definition) is 1. The minimum Gasteiger partial charge on any atom is -0.497 e. The Labute approximate surface area is 174 Å². The van der Waals surface area contributed by atoms with E-state index in [2.05, 4.69) is 20.1 Å². The van der Waals surface area contributed by atoms with Crippen LogP contribution in [0.3, 0.4) is 0 Å². The second-order valence-corrected chi connectivity index (χ2v) is 8.06. The van der Waals surface area contributed by atoms with Crippen LogP contribution in [0.1, 0.15) is 35.9 Å². The van der Waals surface area contributed by atoms with Crippen molar-refractivity contribution >= 4 is 23.4 Å². The zero-order valence-electron chi connectivity index (χ0n) is 16.4. The number of amides is 1. The first-order valence-electron chi connectivity index (χ1n) is 9.83. The van der Waals surface area contributed by atoms with E-state index in [-0.39, 0.29) is 5.91 Å². The molecule has 150 valence electrons. The summed E-state index contributed by atoms with van der Waals surface area (Å²) < 4.78 is 7.44. The summed E-state index contributed by atoms with van der Waals surface area (Å²) in [7, 11) is 1.61. The summed E-state index contributed by atoms with van der Waals surface area (Å²) in [5, 5.41) is 12.2. The number of fused-ring (bicyclic) bond motifs is 1. The van der Waals surface area contributed by atoms with Gasteiger partial charge in [0.2, 0.25) is 5.91 Å². The van der Waals surface area contributed by atoms with Crippen LogP contribution in [-0.2, 0) is 17.8 Å². The Hall–Kier alpha value is -2.80. The molecule has 6 nitrogen and oxygen atoms in total. The zero-order chi connectivity index (χ0) is 20.1. The van der Waals surface area contributed by atoms with Crippen molar-refractivity contribution in [3.63, 3.8) is 0 Å². The number of aryl methyl sites for hydroxylation is 1. The molecule has 0 unspecified atom stereocenters. The van der Waals surface area contributed by atoms with Crippen molar-refractivity contribution in [1.29, 1.82) is 0 Å². The average Bonchev–Trinajstić information content (AvgIpc) is 2.98. The lowest BCUT2D eigenvalue weighted by Crippen LogP contribution is -2.19. The number of anilines is 1. The molecule has 0 bridgehead atoms. The van der Waals surface area contributed by atoms with Crippen LogP contribution in [0.25, 0.3) is 0 Å². The molecule has 1 aromatic heterocycles. The van der Waals surface area contributed by atoms with E-state index >= 15 is 0 Å². The van der Waals surface area contributed by atoms with E-state index in [4.69, 9.17) is 4.74 Å². The number of hydrogen-bond acceptors (Lipinski definition) is 5. The number of carbonyl (C=O) groups excluding carboxylic acids is 1. The molecule has 4 rings (SSSR count). The first-order chi connectivity index (χ1) is 14.2. The van der Waals surface area contributed by atoms with Crippen molar-refractivity contribution in [3.8, 4) is 5.75 Å². The maximum absolute atomic E-state index is 13.2. The van der Waals surface area contributed by atoms with Gasteiger partial charge in [-0.25, -0.2) is 0 Å². The Kier molecular flexibility index (Phi) is 6.14. The van der Waals surface area contributed by atoms with E-state index in [9.17, 15) is 4.79 Å². The van der Waals surface area contributed by atoms with Crippen molar-refractivity contribution in [3.05, 3.63) is 66.0 Å². The molecule has 0 saturated carbocycles. The summed E-state index contributed by atoms with van der Waals surface area (Å²) in [6.45, 7) is 0.906. The predicted molar refractivity (Wildman–Crippen MR) is 114 cm³/mol. The van der Waals surface area contributed by atoms with Gasteiger partial charge in [0.15, 0.2) is 5.16 Å². The fourth-order valence-electron chi connectivity index (χ4n) is 3.46. The number of ether oxygens (including phenoxy) is 1. The highest BCUT2D eigenvalue weighted by molar-refractivity contribution is 8.00. The van der Waals surface area contributed by atoms with Gasteiger partial charge < -0.3 is 14.6 Å². The van der Waals surface area contributed by atoms with E-state index in [0.29, 0.717) is 11.4 Å². The van der Waals surface area contributed by atoms with E-state index in [1.807, 2.05) is 54.6 Å². The topological polar surface area (TPSA) is 69.0 Å².